The third-order valence-corrected chi connectivity index (χ3v) is 3.05. The SMILES string of the molecule is CC(C)C[C@@H](NC(=O)OCc1cc([N+](=O)[O-])cc([N+](=O)[O-])c1)C(=O)O. The van der Waals surface area contributed by atoms with E-state index in [4.69, 9.17) is 9.84 Å². The Morgan fingerprint density at radius 1 is 1.16 bits per heavy atom. The maximum atomic E-state index is 11.7. The fourth-order valence-electron chi connectivity index (χ4n) is 1.98. The molecular formula is C14H17N3O8. The van der Waals surface area contributed by atoms with Crippen LogP contribution in [0.3, 0.4) is 0 Å². The highest BCUT2D eigenvalue weighted by atomic mass is 16.6. The molecule has 136 valence electrons. The maximum Gasteiger partial charge on any atom is 0.408 e. The molecule has 2 N–H and O–H groups in total. The fourth-order valence-corrected chi connectivity index (χ4v) is 1.98. The lowest BCUT2D eigenvalue weighted by Gasteiger charge is -2.16. The third-order valence-electron chi connectivity index (χ3n) is 3.05. The molecule has 0 spiro atoms. The second-order valence-electron chi connectivity index (χ2n) is 5.61. The average molecular weight is 355 g/mol. The molecule has 25 heavy (non-hydrogen) atoms. The highest BCUT2D eigenvalue weighted by Crippen LogP contribution is 2.23. The van der Waals surface area contributed by atoms with Gasteiger partial charge in [-0.15, -0.1) is 0 Å². The van der Waals surface area contributed by atoms with E-state index in [-0.39, 0.29) is 17.9 Å². The second-order valence-corrected chi connectivity index (χ2v) is 5.61. The summed E-state index contributed by atoms with van der Waals surface area (Å²) in [7, 11) is 0. The largest absolute Gasteiger partial charge is 0.480 e. The Bertz CT molecular complexity index is 656. The fraction of sp³-hybridized carbons (Fsp3) is 0.429. The van der Waals surface area contributed by atoms with Crippen LogP contribution in [-0.4, -0.2) is 33.1 Å². The number of ether oxygens (including phenoxy) is 1. The number of nitrogens with one attached hydrogen (secondary N) is 1. The number of hydrogen-bond donors (Lipinski definition) is 2. The van der Waals surface area contributed by atoms with Crippen LogP contribution < -0.4 is 5.32 Å². The smallest absolute Gasteiger partial charge is 0.408 e. The van der Waals surface area contributed by atoms with Gasteiger partial charge < -0.3 is 15.2 Å². The van der Waals surface area contributed by atoms with Crippen LogP contribution in [0.5, 0.6) is 0 Å². The minimum Gasteiger partial charge on any atom is -0.480 e. The Labute approximate surface area is 141 Å². The Kier molecular flexibility index (Phi) is 6.79. The summed E-state index contributed by atoms with van der Waals surface area (Å²) in [5, 5.41) is 32.8. The highest BCUT2D eigenvalue weighted by Gasteiger charge is 2.22. The first kappa shape index (κ1) is 19.8. The Morgan fingerprint density at radius 3 is 2.08 bits per heavy atom. The van der Waals surface area contributed by atoms with Crippen molar-refractivity contribution in [2.24, 2.45) is 5.92 Å². The Balaban J connectivity index is 2.79. The van der Waals surface area contributed by atoms with Gasteiger partial charge in [0, 0.05) is 17.7 Å². The summed E-state index contributed by atoms with van der Waals surface area (Å²) in [6, 6.07) is 1.70. The van der Waals surface area contributed by atoms with Crippen molar-refractivity contribution in [1.82, 2.24) is 5.32 Å². The van der Waals surface area contributed by atoms with Gasteiger partial charge in [-0.25, -0.2) is 9.59 Å². The van der Waals surface area contributed by atoms with Crippen molar-refractivity contribution >= 4 is 23.4 Å². The lowest BCUT2D eigenvalue weighted by molar-refractivity contribution is -0.394. The molecule has 0 fully saturated rings. The van der Waals surface area contributed by atoms with Crippen LogP contribution >= 0.6 is 0 Å². The van der Waals surface area contributed by atoms with E-state index in [9.17, 15) is 29.8 Å². The molecule has 0 saturated heterocycles. The monoisotopic (exact) mass is 355 g/mol. The second kappa shape index (κ2) is 8.57. The van der Waals surface area contributed by atoms with Gasteiger partial charge in [-0.3, -0.25) is 20.2 Å². The first-order valence-electron chi connectivity index (χ1n) is 7.19. The molecule has 0 aliphatic heterocycles. The van der Waals surface area contributed by atoms with Crippen molar-refractivity contribution in [2.45, 2.75) is 32.9 Å². The molecule has 0 saturated carbocycles. The number of non-ortho nitro benzene ring substituents is 2. The highest BCUT2D eigenvalue weighted by molar-refractivity contribution is 5.79. The van der Waals surface area contributed by atoms with E-state index in [1.807, 2.05) is 0 Å². The summed E-state index contributed by atoms with van der Waals surface area (Å²) < 4.78 is 4.80. The summed E-state index contributed by atoms with van der Waals surface area (Å²) >= 11 is 0. The lowest BCUT2D eigenvalue weighted by Crippen LogP contribution is -2.41. The number of benzene rings is 1. The van der Waals surface area contributed by atoms with E-state index in [0.717, 1.165) is 18.2 Å². The molecule has 1 aromatic rings. The van der Waals surface area contributed by atoms with E-state index >= 15 is 0 Å². The van der Waals surface area contributed by atoms with Crippen LogP contribution in [0, 0.1) is 26.1 Å². The van der Waals surface area contributed by atoms with E-state index in [1.165, 1.54) is 0 Å². The van der Waals surface area contributed by atoms with Gasteiger partial charge in [0.2, 0.25) is 0 Å². The average Bonchev–Trinajstić information content (AvgIpc) is 2.51. The minimum atomic E-state index is -1.23. The number of nitro groups is 2. The number of carbonyl (C=O) groups excluding carboxylic acids is 1. The van der Waals surface area contributed by atoms with Crippen molar-refractivity contribution in [3.05, 3.63) is 44.0 Å². The van der Waals surface area contributed by atoms with Gasteiger partial charge in [0.1, 0.15) is 12.6 Å². The van der Waals surface area contributed by atoms with Crippen LogP contribution in [-0.2, 0) is 16.1 Å². The van der Waals surface area contributed by atoms with E-state index in [2.05, 4.69) is 5.32 Å². The van der Waals surface area contributed by atoms with Crippen molar-refractivity contribution in [3.63, 3.8) is 0 Å². The number of carboxylic acids is 1. The minimum absolute atomic E-state index is 0.0147. The molecule has 0 aliphatic carbocycles. The molecule has 0 bridgehead atoms. The van der Waals surface area contributed by atoms with Crippen molar-refractivity contribution in [2.75, 3.05) is 0 Å². The van der Waals surface area contributed by atoms with Gasteiger partial charge in [0.15, 0.2) is 0 Å². The van der Waals surface area contributed by atoms with Gasteiger partial charge in [-0.2, -0.15) is 0 Å². The molecule has 1 amide bonds. The Morgan fingerprint density at radius 2 is 1.68 bits per heavy atom. The summed E-state index contributed by atoms with van der Waals surface area (Å²) in [5.74, 6) is -1.21. The molecule has 1 rings (SSSR count). The standard InChI is InChI=1S/C14H17N3O8/c1-8(2)3-12(13(18)19)15-14(20)25-7-9-4-10(16(21)22)6-11(5-9)17(23)24/h4-6,8,12H,3,7H2,1-2H3,(H,15,20)(H,18,19)/t12-/m1/s1. The number of carbonyl (C=O) groups is 2. The molecule has 0 aliphatic rings. The van der Waals surface area contributed by atoms with Crippen LogP contribution in [0.4, 0.5) is 16.2 Å². The zero-order valence-corrected chi connectivity index (χ0v) is 13.5. The third kappa shape index (κ3) is 6.41. The molecular weight excluding hydrogens is 338 g/mol. The number of nitro benzene ring substituents is 2. The summed E-state index contributed by atoms with van der Waals surface area (Å²) in [4.78, 5) is 42.7. The van der Waals surface area contributed by atoms with Crippen LogP contribution in [0.1, 0.15) is 25.8 Å². The van der Waals surface area contributed by atoms with Crippen molar-refractivity contribution in [3.8, 4) is 0 Å². The number of hydrogen-bond acceptors (Lipinski definition) is 7. The first-order chi connectivity index (χ1) is 11.6. The van der Waals surface area contributed by atoms with Gasteiger partial charge in [-0.1, -0.05) is 13.8 Å². The zero-order chi connectivity index (χ0) is 19.1. The predicted octanol–water partition coefficient (Wildman–Crippen LogP) is 2.23. The summed E-state index contributed by atoms with van der Waals surface area (Å²) in [6.07, 6.45) is -0.852. The van der Waals surface area contributed by atoms with Gasteiger partial charge in [0.05, 0.1) is 15.9 Å². The molecule has 1 atom stereocenters. The van der Waals surface area contributed by atoms with Gasteiger partial charge in [-0.05, 0) is 12.3 Å². The van der Waals surface area contributed by atoms with Crippen LogP contribution in [0.2, 0.25) is 0 Å². The van der Waals surface area contributed by atoms with Crippen molar-refractivity contribution in [1.29, 1.82) is 0 Å². The lowest BCUT2D eigenvalue weighted by atomic mass is 10.0. The predicted molar refractivity (Wildman–Crippen MR) is 84.0 cm³/mol. The molecule has 11 nitrogen and oxygen atoms in total. The van der Waals surface area contributed by atoms with E-state index in [0.29, 0.717) is 0 Å². The molecule has 0 aromatic heterocycles. The summed E-state index contributed by atoms with van der Waals surface area (Å²) in [6.45, 7) is 3.08. The molecule has 1 aromatic carbocycles. The quantitative estimate of drug-likeness (QED) is 0.529. The summed E-state index contributed by atoms with van der Waals surface area (Å²) in [5.41, 5.74) is -1.00. The van der Waals surface area contributed by atoms with Gasteiger partial charge in [0.25, 0.3) is 11.4 Å². The zero-order valence-electron chi connectivity index (χ0n) is 13.5. The molecule has 0 radical (unpaired) electrons. The number of nitrogens with zero attached hydrogens (tertiary/aromatic N) is 2. The number of carboxylic acid groups (broad SMARTS) is 1. The molecule has 0 unspecified atom stereocenters. The normalized spacial score (nSPS) is 11.6. The number of amides is 1. The first-order valence-corrected chi connectivity index (χ1v) is 7.19. The molecule has 11 heteroatoms. The van der Waals surface area contributed by atoms with E-state index in [1.54, 1.807) is 13.8 Å². The topological polar surface area (TPSA) is 162 Å². The van der Waals surface area contributed by atoms with Gasteiger partial charge >= 0.3 is 12.1 Å². The Hall–Kier alpha value is -3.24. The number of aliphatic carboxylic acids is 1. The van der Waals surface area contributed by atoms with Crippen LogP contribution in [0.15, 0.2) is 18.2 Å². The molecule has 0 heterocycles. The van der Waals surface area contributed by atoms with E-state index < -0.39 is 45.9 Å². The number of alkyl carbamates (subject to hydrolysis) is 1. The maximum absolute atomic E-state index is 11.7. The van der Waals surface area contributed by atoms with Crippen LogP contribution in [0.25, 0.3) is 0 Å². The van der Waals surface area contributed by atoms with Crippen molar-refractivity contribution < 1.29 is 29.3 Å². The number of rotatable bonds is 8.